The summed E-state index contributed by atoms with van der Waals surface area (Å²) in [7, 11) is -2.98. The van der Waals surface area contributed by atoms with Crippen LogP contribution in [0.2, 0.25) is 0 Å². The van der Waals surface area contributed by atoms with Gasteiger partial charge >= 0.3 is 16.2 Å². The van der Waals surface area contributed by atoms with Crippen LogP contribution in [0.4, 0.5) is 10.1 Å². The highest BCUT2D eigenvalue weighted by atomic mass is 32.2. The number of halogens is 1. The molecule has 1 heterocycles. The number of methoxy groups -OCH3 is 1. The Kier molecular flexibility index (Phi) is 7.26. The third-order valence-corrected chi connectivity index (χ3v) is 7.41. The molecule has 1 amide bonds. The van der Waals surface area contributed by atoms with Crippen molar-refractivity contribution in [2.45, 2.75) is 26.9 Å². The predicted octanol–water partition coefficient (Wildman–Crippen LogP) is 3.71. The van der Waals surface area contributed by atoms with Crippen molar-refractivity contribution in [3.05, 3.63) is 66.0 Å². The average Bonchev–Trinajstić information content (AvgIpc) is 3.14. The zero-order valence-electron chi connectivity index (χ0n) is 20.6. The number of carbonyl (C=O) groups is 2. The van der Waals surface area contributed by atoms with Crippen molar-refractivity contribution >= 4 is 38.5 Å². The van der Waals surface area contributed by atoms with Gasteiger partial charge in [-0.05, 0) is 49.4 Å². The van der Waals surface area contributed by atoms with Crippen LogP contribution in [-0.4, -0.2) is 40.6 Å². The predicted molar refractivity (Wildman–Crippen MR) is 135 cm³/mol. The number of esters is 1. The SMILES string of the molecule is COC(=O)C(C)(C)CCOc1ccc2cc(OCc3ccccc3)c(N3CC(=O)NS3(=O)=O)c(F)c2c1. The van der Waals surface area contributed by atoms with Gasteiger partial charge in [0.25, 0.3) is 5.91 Å². The maximum atomic E-state index is 16.0. The normalized spacial score (nSPS) is 14.9. The number of nitrogens with zero attached hydrogens (tertiary/aromatic N) is 1. The molecule has 9 nitrogen and oxygen atoms in total. The zero-order valence-corrected chi connectivity index (χ0v) is 21.4. The van der Waals surface area contributed by atoms with Crippen molar-refractivity contribution in [1.82, 2.24) is 4.72 Å². The van der Waals surface area contributed by atoms with Crippen molar-refractivity contribution in [2.24, 2.45) is 5.41 Å². The van der Waals surface area contributed by atoms with Crippen LogP contribution in [0.3, 0.4) is 0 Å². The topological polar surface area (TPSA) is 111 Å². The fourth-order valence-corrected chi connectivity index (χ4v) is 5.07. The maximum absolute atomic E-state index is 16.0. The summed E-state index contributed by atoms with van der Waals surface area (Å²) in [5.41, 5.74) is -0.338. The Morgan fingerprint density at radius 3 is 2.49 bits per heavy atom. The fraction of sp³-hybridized carbons (Fsp3) is 0.308. The molecule has 0 spiro atoms. The third kappa shape index (κ3) is 5.61. The quantitative estimate of drug-likeness (QED) is 0.420. The number of ether oxygens (including phenoxy) is 3. The molecule has 1 aliphatic rings. The molecule has 0 bridgehead atoms. The van der Waals surface area contributed by atoms with Crippen molar-refractivity contribution in [3.8, 4) is 11.5 Å². The van der Waals surface area contributed by atoms with Gasteiger partial charge in [0.2, 0.25) is 0 Å². The van der Waals surface area contributed by atoms with Crippen molar-refractivity contribution < 1.29 is 36.6 Å². The minimum Gasteiger partial charge on any atom is -0.494 e. The molecule has 0 aromatic heterocycles. The zero-order chi connectivity index (χ0) is 26.8. The Morgan fingerprint density at radius 1 is 1.11 bits per heavy atom. The van der Waals surface area contributed by atoms with E-state index in [1.807, 2.05) is 35.1 Å². The largest absolute Gasteiger partial charge is 0.494 e. The molecule has 3 aromatic carbocycles. The second-order valence-corrected chi connectivity index (χ2v) is 10.8. The maximum Gasteiger partial charge on any atom is 0.326 e. The minimum atomic E-state index is -4.30. The van der Waals surface area contributed by atoms with E-state index in [4.69, 9.17) is 14.2 Å². The number of hydrogen-bond donors (Lipinski definition) is 1. The summed E-state index contributed by atoms with van der Waals surface area (Å²) < 4.78 is 60.1. The first-order chi connectivity index (χ1) is 17.5. The van der Waals surface area contributed by atoms with E-state index in [1.54, 1.807) is 26.0 Å². The molecule has 0 saturated carbocycles. The Bertz CT molecular complexity index is 1440. The molecular weight excluding hydrogens is 503 g/mol. The highest BCUT2D eigenvalue weighted by Crippen LogP contribution is 2.40. The molecule has 37 heavy (non-hydrogen) atoms. The van der Waals surface area contributed by atoms with E-state index in [1.165, 1.54) is 19.2 Å². The van der Waals surface area contributed by atoms with Crippen LogP contribution in [0.25, 0.3) is 10.8 Å². The van der Waals surface area contributed by atoms with Gasteiger partial charge in [-0.3, -0.25) is 9.59 Å². The van der Waals surface area contributed by atoms with Gasteiger partial charge in [-0.2, -0.15) is 8.42 Å². The van der Waals surface area contributed by atoms with Crippen molar-refractivity contribution in [1.29, 1.82) is 0 Å². The van der Waals surface area contributed by atoms with Gasteiger partial charge in [-0.1, -0.05) is 36.4 Å². The van der Waals surface area contributed by atoms with E-state index in [-0.39, 0.29) is 36.0 Å². The van der Waals surface area contributed by atoms with Gasteiger partial charge < -0.3 is 14.2 Å². The van der Waals surface area contributed by atoms with Crippen LogP contribution in [0.1, 0.15) is 25.8 Å². The standard InChI is InChI=1S/C26H27FN2O7S/c1-26(2,25(31)34-3)11-12-35-19-10-9-18-13-21(36-16-17-7-5-4-6-8-17)24(23(27)20(18)14-19)29-15-22(30)28-37(29,32)33/h4-10,13-14H,11-12,15-16H2,1-3H3,(H,28,30). The van der Waals surface area contributed by atoms with Gasteiger partial charge in [-0.15, -0.1) is 0 Å². The van der Waals surface area contributed by atoms with E-state index in [9.17, 15) is 18.0 Å². The number of benzene rings is 3. The molecule has 1 N–H and O–H groups in total. The van der Waals surface area contributed by atoms with Crippen LogP contribution in [0.15, 0.2) is 54.6 Å². The van der Waals surface area contributed by atoms with E-state index >= 15 is 4.39 Å². The molecule has 11 heteroatoms. The van der Waals surface area contributed by atoms with Crippen molar-refractivity contribution in [2.75, 3.05) is 24.6 Å². The van der Waals surface area contributed by atoms with Crippen LogP contribution in [-0.2, 0) is 31.1 Å². The third-order valence-electron chi connectivity index (χ3n) is 6.03. The van der Waals surface area contributed by atoms with Gasteiger partial charge in [0.05, 0.1) is 19.1 Å². The second kappa shape index (κ2) is 10.3. The molecule has 1 aliphatic heterocycles. The highest BCUT2D eigenvalue weighted by Gasteiger charge is 2.38. The summed E-state index contributed by atoms with van der Waals surface area (Å²) in [5, 5.41) is 0.531. The number of nitrogens with one attached hydrogen (secondary N) is 1. The molecule has 0 atom stereocenters. The lowest BCUT2D eigenvalue weighted by atomic mass is 9.90. The summed E-state index contributed by atoms with van der Waals surface area (Å²) in [6, 6.07) is 15.4. The second-order valence-electron chi connectivity index (χ2n) is 9.21. The van der Waals surface area contributed by atoms with Gasteiger partial charge in [0.1, 0.15) is 30.3 Å². The van der Waals surface area contributed by atoms with E-state index < -0.39 is 33.9 Å². The molecule has 0 aliphatic carbocycles. The van der Waals surface area contributed by atoms with E-state index in [2.05, 4.69) is 0 Å². The van der Waals surface area contributed by atoms with E-state index in [0.29, 0.717) is 21.9 Å². The Labute approximate surface area is 214 Å². The molecule has 196 valence electrons. The fourth-order valence-electron chi connectivity index (χ4n) is 3.91. The summed E-state index contributed by atoms with van der Waals surface area (Å²) >= 11 is 0. The summed E-state index contributed by atoms with van der Waals surface area (Å²) in [6.45, 7) is 3.12. The first kappa shape index (κ1) is 26.2. The van der Waals surface area contributed by atoms with Crippen molar-refractivity contribution in [3.63, 3.8) is 0 Å². The molecule has 1 fully saturated rings. The number of amides is 1. The lowest BCUT2D eigenvalue weighted by molar-refractivity contribution is -0.151. The lowest BCUT2D eigenvalue weighted by Crippen LogP contribution is -2.30. The minimum absolute atomic E-state index is 0.0255. The summed E-state index contributed by atoms with van der Waals surface area (Å²) in [6.07, 6.45) is 0.359. The number of carbonyl (C=O) groups excluding carboxylic acids is 2. The van der Waals surface area contributed by atoms with Crippen LogP contribution in [0.5, 0.6) is 11.5 Å². The summed E-state index contributed by atoms with van der Waals surface area (Å²) in [4.78, 5) is 23.8. The van der Waals surface area contributed by atoms with Gasteiger partial charge in [0, 0.05) is 5.39 Å². The number of anilines is 1. The molecule has 3 aromatic rings. The van der Waals surface area contributed by atoms with Gasteiger partial charge in [-0.25, -0.2) is 13.4 Å². The Morgan fingerprint density at radius 2 is 1.84 bits per heavy atom. The number of rotatable bonds is 9. The highest BCUT2D eigenvalue weighted by molar-refractivity contribution is 7.92. The number of fused-ring (bicyclic) bond motifs is 1. The first-order valence-electron chi connectivity index (χ1n) is 11.5. The van der Waals surface area contributed by atoms with E-state index in [0.717, 1.165) is 5.56 Å². The van der Waals surface area contributed by atoms with Crippen LogP contribution >= 0.6 is 0 Å². The number of hydrogen-bond acceptors (Lipinski definition) is 7. The van der Waals surface area contributed by atoms with Crippen LogP contribution < -0.4 is 18.5 Å². The monoisotopic (exact) mass is 530 g/mol. The molecule has 0 unspecified atom stereocenters. The molecule has 1 saturated heterocycles. The Balaban J connectivity index is 1.69. The molecule has 0 radical (unpaired) electrons. The summed E-state index contributed by atoms with van der Waals surface area (Å²) in [5.74, 6) is -1.72. The smallest absolute Gasteiger partial charge is 0.326 e. The van der Waals surface area contributed by atoms with Crippen LogP contribution in [0, 0.1) is 11.2 Å². The lowest BCUT2D eigenvalue weighted by Gasteiger charge is -2.22. The molecular formula is C26H27FN2O7S. The molecule has 4 rings (SSSR count). The Hall–Kier alpha value is -3.86. The first-order valence-corrected chi connectivity index (χ1v) is 12.9. The average molecular weight is 531 g/mol. The van der Waals surface area contributed by atoms with Gasteiger partial charge in [0.15, 0.2) is 5.82 Å².